The van der Waals surface area contributed by atoms with Crippen LogP contribution in [0.5, 0.6) is 0 Å². The topological polar surface area (TPSA) is 85.8 Å². The fourth-order valence-electron chi connectivity index (χ4n) is 2.00. The van der Waals surface area contributed by atoms with Crippen LogP contribution < -0.4 is 11.1 Å². The van der Waals surface area contributed by atoms with Gasteiger partial charge in [-0.2, -0.15) is 5.10 Å². The van der Waals surface area contributed by atoms with Crippen LogP contribution >= 0.6 is 11.3 Å². The molecule has 0 saturated heterocycles. The van der Waals surface area contributed by atoms with E-state index in [4.69, 9.17) is 5.73 Å². The number of nitrogens with two attached hydrogens (primary N) is 1. The minimum atomic E-state index is -0.0729. The number of carbonyl (C=O) groups excluding carboxylic acids is 1. The molecule has 114 valence electrons. The van der Waals surface area contributed by atoms with Crippen LogP contribution in [-0.2, 0) is 17.8 Å². The lowest BCUT2D eigenvalue weighted by atomic mass is 10.3. The number of anilines is 1. The standard InChI is InChI=1S/C14H21N5OS/c1-9-7-12(15)19(18-9)8-13(20)16-6-4-5-14-17-10(2)11(3)21-14/h7H,4-6,8,15H2,1-3H3,(H,16,20). The molecule has 0 aromatic carbocycles. The molecule has 1 amide bonds. The lowest BCUT2D eigenvalue weighted by Gasteiger charge is -2.06. The highest BCUT2D eigenvalue weighted by Gasteiger charge is 2.08. The predicted octanol–water partition coefficient (Wildman–Crippen LogP) is 1.60. The van der Waals surface area contributed by atoms with Crippen LogP contribution in [0, 0.1) is 20.8 Å². The molecule has 0 aliphatic carbocycles. The number of nitrogen functional groups attached to an aromatic ring is 1. The molecule has 2 aromatic heterocycles. The van der Waals surface area contributed by atoms with Gasteiger partial charge in [0.15, 0.2) is 0 Å². The third kappa shape index (κ3) is 4.29. The second kappa shape index (κ2) is 6.71. The van der Waals surface area contributed by atoms with Crippen molar-refractivity contribution >= 4 is 23.1 Å². The Hall–Kier alpha value is -1.89. The van der Waals surface area contributed by atoms with Gasteiger partial charge >= 0.3 is 0 Å². The van der Waals surface area contributed by atoms with Gasteiger partial charge < -0.3 is 11.1 Å². The minimum absolute atomic E-state index is 0.0729. The lowest BCUT2D eigenvalue weighted by Crippen LogP contribution is -2.29. The fourth-order valence-corrected chi connectivity index (χ4v) is 2.97. The zero-order chi connectivity index (χ0) is 15.4. The molecule has 0 atom stereocenters. The Kier molecular flexibility index (Phi) is 4.95. The van der Waals surface area contributed by atoms with E-state index in [9.17, 15) is 4.79 Å². The summed E-state index contributed by atoms with van der Waals surface area (Å²) in [5.41, 5.74) is 7.67. The number of amides is 1. The summed E-state index contributed by atoms with van der Waals surface area (Å²) in [5.74, 6) is 0.438. The number of thiazole rings is 1. The van der Waals surface area contributed by atoms with Crippen LogP contribution in [0.2, 0.25) is 0 Å². The van der Waals surface area contributed by atoms with Gasteiger partial charge in [0.05, 0.1) is 16.4 Å². The van der Waals surface area contributed by atoms with E-state index >= 15 is 0 Å². The third-order valence-corrected chi connectivity index (χ3v) is 4.32. The first-order chi connectivity index (χ1) is 9.95. The van der Waals surface area contributed by atoms with Crippen molar-refractivity contribution in [3.8, 4) is 0 Å². The molecule has 6 nitrogen and oxygen atoms in total. The maximum absolute atomic E-state index is 11.8. The van der Waals surface area contributed by atoms with Crippen LogP contribution in [0.4, 0.5) is 5.82 Å². The highest BCUT2D eigenvalue weighted by atomic mass is 32.1. The molecule has 21 heavy (non-hydrogen) atoms. The van der Waals surface area contributed by atoms with Gasteiger partial charge in [-0.15, -0.1) is 11.3 Å². The molecule has 0 radical (unpaired) electrons. The van der Waals surface area contributed by atoms with Crippen molar-refractivity contribution in [3.05, 3.63) is 27.3 Å². The van der Waals surface area contributed by atoms with E-state index < -0.39 is 0 Å². The molecule has 3 N–H and O–H groups in total. The van der Waals surface area contributed by atoms with Crippen molar-refractivity contribution < 1.29 is 4.79 Å². The Morgan fingerprint density at radius 2 is 2.19 bits per heavy atom. The van der Waals surface area contributed by atoms with E-state index in [1.807, 2.05) is 13.8 Å². The summed E-state index contributed by atoms with van der Waals surface area (Å²) in [6, 6.07) is 1.75. The van der Waals surface area contributed by atoms with Crippen LogP contribution in [0.25, 0.3) is 0 Å². The first-order valence-corrected chi connectivity index (χ1v) is 7.77. The number of rotatable bonds is 6. The molecule has 0 fully saturated rings. The van der Waals surface area contributed by atoms with E-state index in [1.54, 1.807) is 17.4 Å². The van der Waals surface area contributed by atoms with Crippen molar-refractivity contribution in [2.45, 2.75) is 40.2 Å². The van der Waals surface area contributed by atoms with E-state index in [-0.39, 0.29) is 12.5 Å². The fraction of sp³-hybridized carbons (Fsp3) is 0.500. The van der Waals surface area contributed by atoms with E-state index in [1.165, 1.54) is 9.56 Å². The van der Waals surface area contributed by atoms with Gasteiger partial charge in [0.2, 0.25) is 5.91 Å². The Morgan fingerprint density at radius 1 is 1.43 bits per heavy atom. The average Bonchev–Trinajstić information content (AvgIpc) is 2.88. The summed E-state index contributed by atoms with van der Waals surface area (Å²) in [5, 5.41) is 8.17. The molecular formula is C14H21N5OS. The van der Waals surface area contributed by atoms with Crippen LogP contribution in [0.1, 0.15) is 27.7 Å². The Bertz CT molecular complexity index is 612. The molecule has 2 heterocycles. The number of hydrogen-bond donors (Lipinski definition) is 2. The molecule has 2 aromatic rings. The van der Waals surface area contributed by atoms with Crippen molar-refractivity contribution in [1.82, 2.24) is 20.1 Å². The summed E-state index contributed by atoms with van der Waals surface area (Å²) >= 11 is 1.73. The van der Waals surface area contributed by atoms with Gasteiger partial charge in [-0.05, 0) is 27.2 Å². The largest absolute Gasteiger partial charge is 0.384 e. The molecule has 0 unspecified atom stereocenters. The highest BCUT2D eigenvalue weighted by Crippen LogP contribution is 2.17. The normalized spacial score (nSPS) is 10.8. The van der Waals surface area contributed by atoms with Gasteiger partial charge in [0, 0.05) is 23.9 Å². The Balaban J connectivity index is 1.71. The van der Waals surface area contributed by atoms with Gasteiger partial charge in [-0.1, -0.05) is 0 Å². The Morgan fingerprint density at radius 3 is 2.76 bits per heavy atom. The maximum Gasteiger partial charge on any atom is 0.241 e. The lowest BCUT2D eigenvalue weighted by molar-refractivity contribution is -0.121. The number of carbonyl (C=O) groups is 1. The Labute approximate surface area is 128 Å². The summed E-state index contributed by atoms with van der Waals surface area (Å²) < 4.78 is 1.51. The van der Waals surface area contributed by atoms with Gasteiger partial charge in [0.25, 0.3) is 0 Å². The monoisotopic (exact) mass is 307 g/mol. The van der Waals surface area contributed by atoms with E-state index in [0.717, 1.165) is 29.2 Å². The smallest absolute Gasteiger partial charge is 0.241 e. The van der Waals surface area contributed by atoms with Crippen molar-refractivity contribution in [3.63, 3.8) is 0 Å². The molecule has 7 heteroatoms. The number of nitrogens with zero attached hydrogens (tertiary/aromatic N) is 3. The van der Waals surface area contributed by atoms with Crippen LogP contribution in [-0.4, -0.2) is 27.2 Å². The summed E-state index contributed by atoms with van der Waals surface area (Å²) in [6.45, 7) is 6.75. The second-order valence-corrected chi connectivity index (χ2v) is 6.36. The molecule has 2 rings (SSSR count). The molecular weight excluding hydrogens is 286 g/mol. The first-order valence-electron chi connectivity index (χ1n) is 6.95. The van der Waals surface area contributed by atoms with Gasteiger partial charge in [-0.25, -0.2) is 9.67 Å². The van der Waals surface area contributed by atoms with E-state index in [0.29, 0.717) is 12.4 Å². The van der Waals surface area contributed by atoms with Crippen molar-refractivity contribution in [2.24, 2.45) is 0 Å². The molecule has 0 bridgehead atoms. The van der Waals surface area contributed by atoms with E-state index in [2.05, 4.69) is 22.3 Å². The summed E-state index contributed by atoms with van der Waals surface area (Å²) in [6.07, 6.45) is 1.77. The molecule has 0 spiro atoms. The van der Waals surface area contributed by atoms with Gasteiger partial charge in [0.1, 0.15) is 12.4 Å². The van der Waals surface area contributed by atoms with Crippen LogP contribution in [0.15, 0.2) is 6.07 Å². The predicted molar refractivity (Wildman–Crippen MR) is 84.3 cm³/mol. The van der Waals surface area contributed by atoms with Crippen molar-refractivity contribution in [2.75, 3.05) is 12.3 Å². The molecule has 0 aliphatic heterocycles. The average molecular weight is 307 g/mol. The number of hydrogen-bond acceptors (Lipinski definition) is 5. The number of nitrogens with one attached hydrogen (secondary N) is 1. The zero-order valence-electron chi connectivity index (χ0n) is 12.6. The second-order valence-electron chi connectivity index (χ2n) is 5.07. The van der Waals surface area contributed by atoms with Gasteiger partial charge in [-0.3, -0.25) is 4.79 Å². The number of aryl methyl sites for hydroxylation is 4. The molecule has 0 aliphatic rings. The summed E-state index contributed by atoms with van der Waals surface area (Å²) in [7, 11) is 0. The van der Waals surface area contributed by atoms with Crippen LogP contribution in [0.3, 0.4) is 0 Å². The molecule has 0 saturated carbocycles. The zero-order valence-corrected chi connectivity index (χ0v) is 13.5. The maximum atomic E-state index is 11.8. The first kappa shape index (κ1) is 15.5. The quantitative estimate of drug-likeness (QED) is 0.794. The highest BCUT2D eigenvalue weighted by molar-refractivity contribution is 7.11. The number of aromatic nitrogens is 3. The minimum Gasteiger partial charge on any atom is -0.384 e. The SMILES string of the molecule is Cc1cc(N)n(CC(=O)NCCCc2nc(C)c(C)s2)n1. The third-order valence-electron chi connectivity index (χ3n) is 3.19. The van der Waals surface area contributed by atoms with Crippen molar-refractivity contribution in [1.29, 1.82) is 0 Å². The summed E-state index contributed by atoms with van der Waals surface area (Å²) in [4.78, 5) is 17.5.